The Bertz CT molecular complexity index is 442. The first kappa shape index (κ1) is 16.1. The summed E-state index contributed by atoms with van der Waals surface area (Å²) < 4.78 is 6.63. The van der Waals surface area contributed by atoms with Crippen LogP contribution in [-0.4, -0.2) is 44.4 Å². The lowest BCUT2D eigenvalue weighted by atomic mass is 10.0. The number of rotatable bonds is 7. The average molecular weight is 292 g/mol. The molecular weight excluding hydrogens is 262 g/mol. The third-order valence-corrected chi connectivity index (χ3v) is 4.61. The Kier molecular flexibility index (Phi) is 5.88. The van der Waals surface area contributed by atoms with E-state index in [1.807, 2.05) is 12.1 Å². The Hall–Kier alpha value is -1.26. The molecule has 1 aromatic rings. The van der Waals surface area contributed by atoms with Crippen LogP contribution in [0.25, 0.3) is 0 Å². The molecule has 4 nitrogen and oxygen atoms in total. The van der Waals surface area contributed by atoms with Gasteiger partial charge in [0.05, 0.1) is 26.8 Å². The topological polar surface area (TPSA) is 61.3 Å². The smallest absolute Gasteiger partial charge is 0.102 e. The molecule has 118 valence electrons. The highest BCUT2D eigenvalue weighted by atomic mass is 16.5. The van der Waals surface area contributed by atoms with Gasteiger partial charge in [0.25, 0.3) is 0 Å². The highest BCUT2D eigenvalue weighted by Crippen LogP contribution is 2.18. The van der Waals surface area contributed by atoms with E-state index >= 15 is 0 Å². The summed E-state index contributed by atoms with van der Waals surface area (Å²) in [6.07, 6.45) is 6.17. The van der Waals surface area contributed by atoms with Gasteiger partial charge in [0, 0.05) is 11.4 Å². The fourth-order valence-corrected chi connectivity index (χ4v) is 3.01. The molecule has 1 aliphatic heterocycles. The van der Waals surface area contributed by atoms with Gasteiger partial charge in [-0.2, -0.15) is 0 Å². The van der Waals surface area contributed by atoms with Crippen LogP contribution >= 0.6 is 0 Å². The molecule has 2 rings (SSSR count). The van der Waals surface area contributed by atoms with E-state index < -0.39 is 0 Å². The second-order valence-corrected chi connectivity index (χ2v) is 6.53. The van der Waals surface area contributed by atoms with Crippen molar-refractivity contribution in [3.63, 3.8) is 0 Å². The van der Waals surface area contributed by atoms with Gasteiger partial charge in [-0.25, -0.2) is 0 Å². The number of ether oxygens (including phenoxy) is 1. The van der Waals surface area contributed by atoms with Crippen LogP contribution in [0.4, 0.5) is 11.4 Å². The molecule has 4 N–H and O–H groups in total. The number of quaternary nitrogens is 1. The van der Waals surface area contributed by atoms with Crippen LogP contribution in [0.15, 0.2) is 18.2 Å². The quantitative estimate of drug-likeness (QED) is 0.461. The zero-order valence-corrected chi connectivity index (χ0v) is 13.3. The molecule has 1 saturated heterocycles. The lowest BCUT2D eigenvalue weighted by Gasteiger charge is -2.37. The summed E-state index contributed by atoms with van der Waals surface area (Å²) in [6, 6.07) is 5.86. The maximum absolute atomic E-state index is 5.98. The lowest BCUT2D eigenvalue weighted by molar-refractivity contribution is -0.917. The first-order chi connectivity index (χ1) is 10.1. The lowest BCUT2D eigenvalue weighted by Crippen LogP contribution is -2.52. The van der Waals surface area contributed by atoms with Crippen molar-refractivity contribution in [2.45, 2.75) is 32.1 Å². The van der Waals surface area contributed by atoms with E-state index in [0.717, 1.165) is 31.0 Å². The van der Waals surface area contributed by atoms with Gasteiger partial charge in [-0.05, 0) is 43.4 Å². The van der Waals surface area contributed by atoms with Gasteiger partial charge < -0.3 is 20.7 Å². The minimum absolute atomic E-state index is 0.749. The van der Waals surface area contributed by atoms with Crippen molar-refractivity contribution in [1.82, 2.24) is 0 Å². The summed E-state index contributed by atoms with van der Waals surface area (Å²) in [4.78, 5) is 0. The Balaban J connectivity index is 1.59. The van der Waals surface area contributed by atoms with Crippen molar-refractivity contribution in [2.24, 2.45) is 0 Å². The van der Waals surface area contributed by atoms with E-state index in [9.17, 15) is 0 Å². The van der Waals surface area contributed by atoms with Gasteiger partial charge in [-0.15, -0.1) is 0 Å². The monoisotopic (exact) mass is 292 g/mol. The molecule has 1 aliphatic rings. The fraction of sp³-hybridized carbons (Fsp3) is 0.647. The molecule has 0 spiro atoms. The number of likely N-dealkylation sites (N-methyl/N-ethyl adjacent to an activating group) is 1. The first-order valence-corrected chi connectivity index (χ1v) is 8.14. The maximum atomic E-state index is 5.98. The van der Waals surface area contributed by atoms with E-state index in [1.54, 1.807) is 0 Å². The highest BCUT2D eigenvalue weighted by Gasteiger charge is 2.24. The minimum Gasteiger partial charge on any atom is -0.399 e. The van der Waals surface area contributed by atoms with Gasteiger partial charge >= 0.3 is 0 Å². The van der Waals surface area contributed by atoms with Gasteiger partial charge in [0.1, 0.15) is 13.1 Å². The third kappa shape index (κ3) is 5.21. The van der Waals surface area contributed by atoms with Crippen molar-refractivity contribution in [3.05, 3.63) is 23.8 Å². The van der Waals surface area contributed by atoms with Crippen molar-refractivity contribution < 1.29 is 9.22 Å². The summed E-state index contributed by atoms with van der Waals surface area (Å²) in [5, 5.41) is 0. The molecular formula is C17H30N3O+. The standard InChI is InChI=1S/C17H30N3O/c1-20(10-12-21-13-11-20)9-5-3-2-4-6-15-7-8-16(18)14-17(15)19/h7-8,14H,2-6,9-13,18-19H2,1H3/q+1. The van der Waals surface area contributed by atoms with E-state index in [-0.39, 0.29) is 0 Å². The van der Waals surface area contributed by atoms with Crippen molar-refractivity contribution in [2.75, 3.05) is 51.4 Å². The van der Waals surface area contributed by atoms with Crippen LogP contribution in [0.1, 0.15) is 31.2 Å². The number of benzene rings is 1. The van der Waals surface area contributed by atoms with Crippen LogP contribution in [0.2, 0.25) is 0 Å². The molecule has 0 atom stereocenters. The normalized spacial score (nSPS) is 17.8. The number of nitrogen functional groups attached to an aromatic ring is 2. The number of hydrogen-bond donors (Lipinski definition) is 2. The van der Waals surface area contributed by atoms with E-state index in [2.05, 4.69) is 13.1 Å². The van der Waals surface area contributed by atoms with Crippen molar-refractivity contribution >= 4 is 11.4 Å². The van der Waals surface area contributed by atoms with Crippen molar-refractivity contribution in [1.29, 1.82) is 0 Å². The van der Waals surface area contributed by atoms with Crippen molar-refractivity contribution in [3.8, 4) is 0 Å². The molecule has 0 aromatic heterocycles. The summed E-state index contributed by atoms with van der Waals surface area (Å²) in [7, 11) is 2.36. The molecule has 0 unspecified atom stereocenters. The summed E-state index contributed by atoms with van der Waals surface area (Å²) in [6.45, 7) is 5.47. The minimum atomic E-state index is 0.749. The number of anilines is 2. The number of nitrogens with two attached hydrogens (primary N) is 2. The summed E-state index contributed by atoms with van der Waals surface area (Å²) in [5.41, 5.74) is 14.5. The second kappa shape index (κ2) is 7.66. The summed E-state index contributed by atoms with van der Waals surface area (Å²) >= 11 is 0. The van der Waals surface area contributed by atoms with Crippen LogP contribution in [0.3, 0.4) is 0 Å². The van der Waals surface area contributed by atoms with Gasteiger partial charge in [0.15, 0.2) is 0 Å². The molecule has 21 heavy (non-hydrogen) atoms. The number of morpholine rings is 1. The Morgan fingerprint density at radius 2 is 1.76 bits per heavy atom. The third-order valence-electron chi connectivity index (χ3n) is 4.61. The molecule has 0 bridgehead atoms. The highest BCUT2D eigenvalue weighted by molar-refractivity contribution is 5.56. The zero-order valence-electron chi connectivity index (χ0n) is 13.3. The summed E-state index contributed by atoms with van der Waals surface area (Å²) in [5.74, 6) is 0. The average Bonchev–Trinajstić information content (AvgIpc) is 2.45. The van der Waals surface area contributed by atoms with Gasteiger partial charge in [0.2, 0.25) is 0 Å². The molecule has 1 heterocycles. The maximum Gasteiger partial charge on any atom is 0.102 e. The van der Waals surface area contributed by atoms with Gasteiger partial charge in [-0.3, -0.25) is 0 Å². The number of aryl methyl sites for hydroxylation is 1. The van der Waals surface area contributed by atoms with E-state index in [0.29, 0.717) is 0 Å². The van der Waals surface area contributed by atoms with Crippen LogP contribution in [0, 0.1) is 0 Å². The zero-order chi connectivity index (χ0) is 15.1. The van der Waals surface area contributed by atoms with Crippen LogP contribution in [-0.2, 0) is 11.2 Å². The number of hydrogen-bond acceptors (Lipinski definition) is 3. The molecule has 0 saturated carbocycles. The molecule has 1 fully saturated rings. The van der Waals surface area contributed by atoms with E-state index in [4.69, 9.17) is 16.2 Å². The number of nitrogens with zero attached hydrogens (tertiary/aromatic N) is 1. The molecule has 0 aliphatic carbocycles. The second-order valence-electron chi connectivity index (χ2n) is 6.53. The Morgan fingerprint density at radius 1 is 1.05 bits per heavy atom. The number of unbranched alkanes of at least 4 members (excludes halogenated alkanes) is 3. The Labute approximate surface area is 128 Å². The van der Waals surface area contributed by atoms with Crippen LogP contribution in [0.5, 0.6) is 0 Å². The Morgan fingerprint density at radius 3 is 2.48 bits per heavy atom. The van der Waals surface area contributed by atoms with Crippen LogP contribution < -0.4 is 11.5 Å². The molecule has 0 amide bonds. The SMILES string of the molecule is C[N+]1(CCCCCCc2ccc(N)cc2N)CCOCC1. The fourth-order valence-electron chi connectivity index (χ4n) is 3.01. The molecule has 1 aromatic carbocycles. The molecule has 4 heteroatoms. The predicted octanol–water partition coefficient (Wildman–Crippen LogP) is 2.43. The van der Waals surface area contributed by atoms with Gasteiger partial charge in [-0.1, -0.05) is 12.5 Å². The molecule has 0 radical (unpaired) electrons. The first-order valence-electron chi connectivity index (χ1n) is 8.14. The van der Waals surface area contributed by atoms with E-state index in [1.165, 1.54) is 55.4 Å². The largest absolute Gasteiger partial charge is 0.399 e. The predicted molar refractivity (Wildman–Crippen MR) is 89.0 cm³/mol.